The van der Waals surface area contributed by atoms with Crippen molar-refractivity contribution >= 4 is 41.3 Å². The summed E-state index contributed by atoms with van der Waals surface area (Å²) >= 11 is 0. The van der Waals surface area contributed by atoms with Gasteiger partial charge >= 0.3 is 0 Å². The molecule has 0 saturated carbocycles. The zero-order chi connectivity index (χ0) is 22.9. The monoisotopic (exact) mass is 447 g/mol. The molecular weight excluding hydrogens is 422 g/mol. The van der Waals surface area contributed by atoms with Crippen molar-refractivity contribution in [2.24, 2.45) is 5.10 Å². The second kappa shape index (κ2) is 11.0. The number of hydrazine groups is 1. The van der Waals surface area contributed by atoms with Crippen LogP contribution in [0.3, 0.4) is 0 Å². The Morgan fingerprint density at radius 1 is 0.939 bits per heavy atom. The quantitative estimate of drug-likeness (QED) is 0.304. The summed E-state index contributed by atoms with van der Waals surface area (Å²) in [4.78, 5) is 24.4. The fraction of sp³-hybridized carbons (Fsp3) is 0.227. The number of rotatable bonds is 8. The SMILES string of the molecule is CC(=O)Nc1ccc(/C=N/Nc2nc(Nc3ccccc3)nc(NN3CCOCC3)n2)cc1. The average Bonchev–Trinajstić information content (AvgIpc) is 2.81. The first kappa shape index (κ1) is 22.1. The molecular formula is C22H25N9O2. The smallest absolute Gasteiger partial charge is 0.250 e. The number of hydrogen-bond acceptors (Lipinski definition) is 10. The number of aromatic nitrogens is 3. The summed E-state index contributed by atoms with van der Waals surface area (Å²) in [5.74, 6) is 0.937. The molecule has 33 heavy (non-hydrogen) atoms. The maximum absolute atomic E-state index is 11.1. The lowest BCUT2D eigenvalue weighted by molar-refractivity contribution is -0.114. The van der Waals surface area contributed by atoms with E-state index in [1.807, 2.05) is 47.5 Å². The van der Waals surface area contributed by atoms with E-state index < -0.39 is 0 Å². The number of nitrogens with zero attached hydrogens (tertiary/aromatic N) is 5. The number of anilines is 5. The van der Waals surface area contributed by atoms with Gasteiger partial charge < -0.3 is 15.4 Å². The van der Waals surface area contributed by atoms with Gasteiger partial charge in [0.1, 0.15) is 0 Å². The first-order chi connectivity index (χ1) is 16.1. The van der Waals surface area contributed by atoms with Crippen molar-refractivity contribution in [1.29, 1.82) is 0 Å². The largest absolute Gasteiger partial charge is 0.379 e. The summed E-state index contributed by atoms with van der Waals surface area (Å²) in [7, 11) is 0. The Kier molecular flexibility index (Phi) is 7.36. The Bertz CT molecular complexity index is 1080. The summed E-state index contributed by atoms with van der Waals surface area (Å²) < 4.78 is 5.39. The van der Waals surface area contributed by atoms with Crippen molar-refractivity contribution in [3.8, 4) is 0 Å². The van der Waals surface area contributed by atoms with Crippen molar-refractivity contribution < 1.29 is 9.53 Å². The van der Waals surface area contributed by atoms with E-state index in [0.29, 0.717) is 25.1 Å². The fourth-order valence-electron chi connectivity index (χ4n) is 3.02. The van der Waals surface area contributed by atoms with Gasteiger partial charge in [-0.25, -0.2) is 10.4 Å². The van der Waals surface area contributed by atoms with Crippen LogP contribution in [-0.2, 0) is 9.53 Å². The highest BCUT2D eigenvalue weighted by Gasteiger charge is 2.13. The number of morpholine rings is 1. The summed E-state index contributed by atoms with van der Waals surface area (Å²) in [6.45, 7) is 4.20. The lowest BCUT2D eigenvalue weighted by Gasteiger charge is -2.26. The first-order valence-corrected chi connectivity index (χ1v) is 10.5. The molecule has 2 heterocycles. The highest BCUT2D eigenvalue weighted by atomic mass is 16.5. The van der Waals surface area contributed by atoms with E-state index in [2.05, 4.69) is 41.5 Å². The molecule has 0 bridgehead atoms. The highest BCUT2D eigenvalue weighted by Crippen LogP contribution is 2.16. The van der Waals surface area contributed by atoms with Crippen LogP contribution >= 0.6 is 0 Å². The minimum Gasteiger partial charge on any atom is -0.379 e. The number of carbonyl (C=O) groups excluding carboxylic acids is 1. The number of carbonyl (C=O) groups is 1. The van der Waals surface area contributed by atoms with Gasteiger partial charge in [0.15, 0.2) is 0 Å². The summed E-state index contributed by atoms with van der Waals surface area (Å²) in [5, 5.41) is 12.1. The van der Waals surface area contributed by atoms with E-state index in [0.717, 1.165) is 30.0 Å². The molecule has 0 unspecified atom stereocenters. The van der Waals surface area contributed by atoms with Crippen LogP contribution in [0.2, 0.25) is 0 Å². The van der Waals surface area contributed by atoms with Crippen molar-refractivity contribution in [2.45, 2.75) is 6.92 Å². The normalized spacial score (nSPS) is 14.1. The van der Waals surface area contributed by atoms with Crippen LogP contribution < -0.4 is 21.5 Å². The van der Waals surface area contributed by atoms with Crippen LogP contribution in [0.4, 0.5) is 29.2 Å². The molecule has 0 radical (unpaired) electrons. The molecule has 3 aromatic rings. The molecule has 4 N–H and O–H groups in total. The first-order valence-electron chi connectivity index (χ1n) is 10.5. The molecule has 1 saturated heterocycles. The number of para-hydroxylation sites is 1. The van der Waals surface area contributed by atoms with Gasteiger partial charge in [0.05, 0.1) is 19.4 Å². The predicted molar refractivity (Wildman–Crippen MR) is 128 cm³/mol. The zero-order valence-corrected chi connectivity index (χ0v) is 18.2. The Morgan fingerprint density at radius 2 is 1.64 bits per heavy atom. The minimum atomic E-state index is -0.116. The Labute approximate surface area is 191 Å². The number of benzene rings is 2. The van der Waals surface area contributed by atoms with Gasteiger partial charge in [-0.15, -0.1) is 0 Å². The van der Waals surface area contributed by atoms with Gasteiger partial charge in [-0.2, -0.15) is 20.1 Å². The van der Waals surface area contributed by atoms with Gasteiger partial charge in [-0.05, 0) is 29.8 Å². The molecule has 4 rings (SSSR count). The summed E-state index contributed by atoms with van der Waals surface area (Å²) in [6, 6.07) is 16.9. The zero-order valence-electron chi connectivity index (χ0n) is 18.2. The third kappa shape index (κ3) is 6.95. The van der Waals surface area contributed by atoms with Crippen molar-refractivity contribution in [1.82, 2.24) is 20.0 Å². The van der Waals surface area contributed by atoms with E-state index in [1.165, 1.54) is 6.92 Å². The van der Waals surface area contributed by atoms with Crippen LogP contribution in [-0.4, -0.2) is 58.4 Å². The molecule has 2 aromatic carbocycles. The Balaban J connectivity index is 1.47. The van der Waals surface area contributed by atoms with Gasteiger partial charge in [0.25, 0.3) is 0 Å². The molecule has 11 heteroatoms. The number of hydrogen-bond donors (Lipinski definition) is 4. The molecule has 0 spiro atoms. The van der Waals surface area contributed by atoms with Gasteiger partial charge in [0, 0.05) is 31.4 Å². The second-order valence-electron chi connectivity index (χ2n) is 7.18. The van der Waals surface area contributed by atoms with Gasteiger partial charge in [-0.1, -0.05) is 30.3 Å². The average molecular weight is 448 g/mol. The van der Waals surface area contributed by atoms with Gasteiger partial charge in [-0.3, -0.25) is 10.2 Å². The molecule has 1 amide bonds. The third-order valence-corrected chi connectivity index (χ3v) is 4.54. The highest BCUT2D eigenvalue weighted by molar-refractivity contribution is 5.89. The number of ether oxygens (including phenoxy) is 1. The van der Waals surface area contributed by atoms with Crippen molar-refractivity contribution in [3.05, 3.63) is 60.2 Å². The van der Waals surface area contributed by atoms with E-state index in [-0.39, 0.29) is 11.9 Å². The van der Waals surface area contributed by atoms with E-state index in [1.54, 1.807) is 18.3 Å². The number of hydrazone groups is 1. The molecule has 11 nitrogen and oxygen atoms in total. The topological polar surface area (TPSA) is 129 Å². The molecule has 1 aliphatic heterocycles. The molecule has 1 fully saturated rings. The van der Waals surface area contributed by atoms with Crippen LogP contribution in [0.5, 0.6) is 0 Å². The van der Waals surface area contributed by atoms with Crippen LogP contribution in [0.25, 0.3) is 0 Å². The maximum Gasteiger partial charge on any atom is 0.250 e. The van der Waals surface area contributed by atoms with Crippen molar-refractivity contribution in [3.63, 3.8) is 0 Å². The van der Waals surface area contributed by atoms with Crippen LogP contribution in [0.15, 0.2) is 59.7 Å². The predicted octanol–water partition coefficient (Wildman–Crippen LogP) is 2.68. The molecule has 170 valence electrons. The van der Waals surface area contributed by atoms with Crippen LogP contribution in [0, 0.1) is 0 Å². The summed E-state index contributed by atoms with van der Waals surface area (Å²) in [5.41, 5.74) is 8.49. The lowest BCUT2D eigenvalue weighted by atomic mass is 10.2. The number of amides is 1. The van der Waals surface area contributed by atoms with E-state index >= 15 is 0 Å². The Morgan fingerprint density at radius 3 is 2.36 bits per heavy atom. The van der Waals surface area contributed by atoms with Gasteiger partial charge in [0.2, 0.25) is 23.8 Å². The standard InChI is InChI=1S/C22H25N9O2/c1-16(32)24-19-9-7-17(8-10-19)15-23-29-21-26-20(25-18-5-3-2-4-6-18)27-22(28-21)30-31-11-13-33-14-12-31/h2-10,15H,11-14H2,1H3,(H,24,32)(H3,25,26,27,28,29,30)/b23-15+. The fourth-order valence-corrected chi connectivity index (χ4v) is 3.02. The summed E-state index contributed by atoms with van der Waals surface area (Å²) in [6.07, 6.45) is 1.64. The Hall–Kier alpha value is -4.09. The molecule has 1 aromatic heterocycles. The maximum atomic E-state index is 11.1. The third-order valence-electron chi connectivity index (χ3n) is 4.54. The lowest BCUT2D eigenvalue weighted by Crippen LogP contribution is -2.40. The van der Waals surface area contributed by atoms with Crippen LogP contribution in [0.1, 0.15) is 12.5 Å². The van der Waals surface area contributed by atoms with E-state index in [9.17, 15) is 4.79 Å². The molecule has 1 aliphatic rings. The minimum absolute atomic E-state index is 0.116. The molecule has 0 aliphatic carbocycles. The second-order valence-corrected chi connectivity index (χ2v) is 7.18. The molecule has 0 atom stereocenters. The van der Waals surface area contributed by atoms with E-state index in [4.69, 9.17) is 4.74 Å². The van der Waals surface area contributed by atoms with Crippen molar-refractivity contribution in [2.75, 3.05) is 47.8 Å². The number of nitrogens with one attached hydrogen (secondary N) is 4.